The Morgan fingerprint density at radius 3 is 2.42 bits per heavy atom. The molecule has 2 aromatic rings. The zero-order chi connectivity index (χ0) is 14.2. The second-order valence-electron chi connectivity index (χ2n) is 4.29. The van der Waals surface area contributed by atoms with E-state index in [0.717, 1.165) is 9.26 Å². The molecule has 6 heteroatoms. The lowest BCUT2D eigenvalue weighted by atomic mass is 10.1. The minimum absolute atomic E-state index is 0.254. The zero-order valence-electron chi connectivity index (χ0n) is 10.2. The molecule has 0 unspecified atom stereocenters. The molecule has 0 fully saturated rings. The predicted molar refractivity (Wildman–Crippen MR) is 89.3 cm³/mol. The molecular formula is C13H10Cl3IN2. The molecule has 0 aliphatic carbocycles. The second kappa shape index (κ2) is 6.12. The molecule has 19 heavy (non-hydrogen) atoms. The largest absolute Gasteiger partial charge is 0.232 e. The van der Waals surface area contributed by atoms with Crippen LogP contribution in [-0.2, 0) is 0 Å². The van der Waals surface area contributed by atoms with E-state index in [1.165, 1.54) is 0 Å². The van der Waals surface area contributed by atoms with E-state index in [1.807, 2.05) is 12.1 Å². The third-order valence-electron chi connectivity index (χ3n) is 2.58. The van der Waals surface area contributed by atoms with Crippen molar-refractivity contribution in [2.45, 2.75) is 19.8 Å². The smallest absolute Gasteiger partial charge is 0.162 e. The van der Waals surface area contributed by atoms with Crippen molar-refractivity contribution in [2.75, 3.05) is 0 Å². The van der Waals surface area contributed by atoms with Gasteiger partial charge in [0.25, 0.3) is 0 Å². The van der Waals surface area contributed by atoms with Crippen molar-refractivity contribution in [3.05, 3.63) is 42.7 Å². The highest BCUT2D eigenvalue weighted by Gasteiger charge is 2.16. The van der Waals surface area contributed by atoms with Crippen LogP contribution in [0.5, 0.6) is 0 Å². The Hall–Kier alpha value is -0.100. The van der Waals surface area contributed by atoms with E-state index in [0.29, 0.717) is 26.6 Å². The van der Waals surface area contributed by atoms with Gasteiger partial charge in [0.2, 0.25) is 0 Å². The van der Waals surface area contributed by atoms with E-state index >= 15 is 0 Å². The van der Waals surface area contributed by atoms with Crippen LogP contribution in [0.1, 0.15) is 25.5 Å². The molecule has 0 saturated heterocycles. The van der Waals surface area contributed by atoms with Crippen LogP contribution in [0.3, 0.4) is 0 Å². The number of nitrogens with zero attached hydrogens (tertiary/aromatic N) is 2. The van der Waals surface area contributed by atoms with Crippen LogP contribution in [-0.4, -0.2) is 9.97 Å². The molecule has 0 spiro atoms. The van der Waals surface area contributed by atoms with Crippen molar-refractivity contribution >= 4 is 57.4 Å². The van der Waals surface area contributed by atoms with E-state index in [9.17, 15) is 0 Å². The highest BCUT2D eigenvalue weighted by molar-refractivity contribution is 14.1. The first-order valence-corrected chi connectivity index (χ1v) is 7.80. The summed E-state index contributed by atoms with van der Waals surface area (Å²) in [7, 11) is 0. The standard InChI is InChI=1S/C13H10Cl3IN2/c1-6(2)11-10(17)12(16)19-13(18-11)7-4-3-5-8(14)9(7)15/h3-6H,1-2H3. The molecule has 100 valence electrons. The summed E-state index contributed by atoms with van der Waals surface area (Å²) in [4.78, 5) is 8.85. The molecule has 0 bridgehead atoms. The predicted octanol–water partition coefficient (Wildman–Crippen LogP) is 5.83. The van der Waals surface area contributed by atoms with E-state index in [4.69, 9.17) is 34.8 Å². The monoisotopic (exact) mass is 426 g/mol. The summed E-state index contributed by atoms with van der Waals surface area (Å²) in [6.45, 7) is 4.12. The van der Waals surface area contributed by atoms with Gasteiger partial charge in [0.15, 0.2) is 5.82 Å². The minimum atomic E-state index is 0.254. The van der Waals surface area contributed by atoms with Crippen molar-refractivity contribution in [3.8, 4) is 11.4 Å². The van der Waals surface area contributed by atoms with Gasteiger partial charge in [-0.05, 0) is 40.6 Å². The molecule has 0 aliphatic rings. The highest BCUT2D eigenvalue weighted by Crippen LogP contribution is 2.34. The number of aromatic nitrogens is 2. The Morgan fingerprint density at radius 2 is 1.79 bits per heavy atom. The van der Waals surface area contributed by atoms with Crippen LogP contribution in [0, 0.1) is 3.57 Å². The van der Waals surface area contributed by atoms with Crippen molar-refractivity contribution in [3.63, 3.8) is 0 Å². The first-order valence-electron chi connectivity index (χ1n) is 5.59. The Morgan fingerprint density at radius 1 is 1.11 bits per heavy atom. The average Bonchev–Trinajstić information content (AvgIpc) is 2.35. The molecule has 2 rings (SSSR count). The number of halogens is 4. The van der Waals surface area contributed by atoms with Gasteiger partial charge in [-0.2, -0.15) is 0 Å². The summed E-state index contributed by atoms with van der Waals surface area (Å²) in [6, 6.07) is 5.37. The van der Waals surface area contributed by atoms with Crippen LogP contribution >= 0.6 is 57.4 Å². The quantitative estimate of drug-likeness (QED) is 0.445. The summed E-state index contributed by atoms with van der Waals surface area (Å²) in [5, 5.41) is 1.35. The van der Waals surface area contributed by atoms with Crippen molar-refractivity contribution in [1.82, 2.24) is 9.97 Å². The van der Waals surface area contributed by atoms with Crippen LogP contribution in [0.15, 0.2) is 18.2 Å². The third-order valence-corrected chi connectivity index (χ3v) is 5.05. The molecule has 0 aliphatic heterocycles. The van der Waals surface area contributed by atoms with Gasteiger partial charge in [-0.3, -0.25) is 0 Å². The lowest BCUT2D eigenvalue weighted by molar-refractivity contribution is 0.808. The van der Waals surface area contributed by atoms with Gasteiger partial charge in [0.05, 0.1) is 19.3 Å². The lowest BCUT2D eigenvalue weighted by Crippen LogP contribution is -2.02. The summed E-state index contributed by atoms with van der Waals surface area (Å²) >= 11 is 20.5. The number of benzene rings is 1. The minimum Gasteiger partial charge on any atom is -0.232 e. The van der Waals surface area contributed by atoms with Crippen LogP contribution in [0.4, 0.5) is 0 Å². The number of hydrogen-bond acceptors (Lipinski definition) is 2. The topological polar surface area (TPSA) is 25.8 Å². The Labute approximate surface area is 140 Å². The lowest BCUT2D eigenvalue weighted by Gasteiger charge is -2.12. The van der Waals surface area contributed by atoms with Crippen LogP contribution in [0.2, 0.25) is 15.2 Å². The first kappa shape index (κ1) is 15.3. The Balaban J connectivity index is 2.67. The molecule has 0 N–H and O–H groups in total. The fourth-order valence-electron chi connectivity index (χ4n) is 1.62. The average molecular weight is 428 g/mol. The van der Waals surface area contributed by atoms with Gasteiger partial charge >= 0.3 is 0 Å². The molecule has 1 aromatic carbocycles. The maximum Gasteiger partial charge on any atom is 0.162 e. The number of rotatable bonds is 2. The SMILES string of the molecule is CC(C)c1nc(-c2cccc(Cl)c2Cl)nc(Cl)c1I. The molecular weight excluding hydrogens is 417 g/mol. The maximum absolute atomic E-state index is 6.19. The summed E-state index contributed by atoms with van der Waals surface area (Å²) in [5.41, 5.74) is 1.60. The van der Waals surface area contributed by atoms with Gasteiger partial charge in [-0.25, -0.2) is 9.97 Å². The molecule has 1 aromatic heterocycles. The summed E-state index contributed by atoms with van der Waals surface area (Å²) < 4.78 is 0.871. The fraction of sp³-hybridized carbons (Fsp3) is 0.231. The normalized spacial score (nSPS) is 11.1. The van der Waals surface area contributed by atoms with Crippen molar-refractivity contribution in [1.29, 1.82) is 0 Å². The molecule has 2 nitrogen and oxygen atoms in total. The van der Waals surface area contributed by atoms with E-state index in [2.05, 4.69) is 46.4 Å². The Bertz CT molecular complexity index is 630. The fourth-order valence-corrected chi connectivity index (χ4v) is 3.04. The molecule has 0 atom stereocenters. The molecule has 0 amide bonds. The van der Waals surface area contributed by atoms with Gasteiger partial charge in [-0.1, -0.05) is 54.7 Å². The van der Waals surface area contributed by atoms with Crippen LogP contribution in [0.25, 0.3) is 11.4 Å². The third kappa shape index (κ3) is 3.15. The van der Waals surface area contributed by atoms with Crippen LogP contribution < -0.4 is 0 Å². The van der Waals surface area contributed by atoms with Gasteiger partial charge in [0, 0.05) is 5.56 Å². The Kier molecular flexibility index (Phi) is 4.93. The molecule has 0 saturated carbocycles. The number of hydrogen-bond donors (Lipinski definition) is 0. The van der Waals surface area contributed by atoms with E-state index in [1.54, 1.807) is 6.07 Å². The van der Waals surface area contributed by atoms with Crippen molar-refractivity contribution in [2.24, 2.45) is 0 Å². The van der Waals surface area contributed by atoms with E-state index < -0.39 is 0 Å². The summed E-state index contributed by atoms with van der Waals surface area (Å²) in [6.07, 6.45) is 0. The highest BCUT2D eigenvalue weighted by atomic mass is 127. The maximum atomic E-state index is 6.19. The molecule has 1 heterocycles. The second-order valence-corrected chi connectivity index (χ2v) is 6.52. The van der Waals surface area contributed by atoms with Gasteiger partial charge < -0.3 is 0 Å². The van der Waals surface area contributed by atoms with E-state index in [-0.39, 0.29) is 5.92 Å². The summed E-state index contributed by atoms with van der Waals surface area (Å²) in [5.74, 6) is 0.755. The van der Waals surface area contributed by atoms with Gasteiger partial charge in [-0.15, -0.1) is 0 Å². The molecule has 0 radical (unpaired) electrons. The zero-order valence-corrected chi connectivity index (χ0v) is 14.6. The van der Waals surface area contributed by atoms with Crippen molar-refractivity contribution < 1.29 is 0 Å². The van der Waals surface area contributed by atoms with Gasteiger partial charge in [0.1, 0.15) is 5.15 Å². The first-order chi connectivity index (χ1) is 8.91.